The van der Waals surface area contributed by atoms with Crippen LogP contribution in [-0.2, 0) is 11.3 Å². The normalized spacial score (nSPS) is 9.93. The second-order valence-corrected chi connectivity index (χ2v) is 3.03. The predicted octanol–water partition coefficient (Wildman–Crippen LogP) is -1.25. The average Bonchev–Trinajstić information content (AvgIpc) is 2.66. The van der Waals surface area contributed by atoms with E-state index in [-0.39, 0.29) is 5.91 Å². The molecule has 1 aromatic rings. The third-order valence-electron chi connectivity index (χ3n) is 1.87. The lowest BCUT2D eigenvalue weighted by Gasteiger charge is -2.00. The molecule has 1 rings (SSSR count). The summed E-state index contributed by atoms with van der Waals surface area (Å²) < 4.78 is 1.56. The molecule has 0 spiro atoms. The molecule has 82 valence electrons. The predicted molar refractivity (Wildman–Crippen MR) is 52.3 cm³/mol. The second-order valence-electron chi connectivity index (χ2n) is 3.03. The van der Waals surface area contributed by atoms with Crippen LogP contribution in [0.15, 0.2) is 12.4 Å². The Morgan fingerprint density at radius 2 is 2.27 bits per heavy atom. The summed E-state index contributed by atoms with van der Waals surface area (Å²) in [5.74, 6) is 4.17. The Morgan fingerprint density at radius 1 is 1.53 bits per heavy atom. The molecule has 5 N–H and O–H groups in total. The summed E-state index contributed by atoms with van der Waals surface area (Å²) in [4.78, 5) is 21.5. The lowest BCUT2D eigenvalue weighted by atomic mass is 10.3. The zero-order chi connectivity index (χ0) is 11.3. The first kappa shape index (κ1) is 11.2. The van der Waals surface area contributed by atoms with E-state index in [2.05, 4.69) is 5.10 Å². The monoisotopic (exact) mass is 211 g/mol. The number of nitrogens with two attached hydrogens (primary N) is 2. The van der Waals surface area contributed by atoms with Gasteiger partial charge < -0.3 is 5.73 Å². The molecule has 1 heterocycles. The molecule has 0 aliphatic heterocycles. The second kappa shape index (κ2) is 5.11. The molecular weight excluding hydrogens is 198 g/mol. The summed E-state index contributed by atoms with van der Waals surface area (Å²) in [5.41, 5.74) is 7.44. The number of hydrogen-bond acceptors (Lipinski definition) is 4. The summed E-state index contributed by atoms with van der Waals surface area (Å²) in [6, 6.07) is 0. The molecule has 0 saturated heterocycles. The van der Waals surface area contributed by atoms with Crippen LogP contribution in [-0.4, -0.2) is 21.6 Å². The Kier molecular flexibility index (Phi) is 3.81. The van der Waals surface area contributed by atoms with Gasteiger partial charge in [-0.15, -0.1) is 0 Å². The number of carbonyl (C=O) groups is 2. The highest BCUT2D eigenvalue weighted by Gasteiger charge is 2.04. The van der Waals surface area contributed by atoms with Gasteiger partial charge in [-0.25, -0.2) is 5.84 Å². The first-order valence-electron chi connectivity index (χ1n) is 4.45. The molecule has 0 fully saturated rings. The zero-order valence-electron chi connectivity index (χ0n) is 8.14. The lowest BCUT2D eigenvalue weighted by Crippen LogP contribution is -2.29. The van der Waals surface area contributed by atoms with Crippen molar-refractivity contribution in [1.29, 1.82) is 0 Å². The number of aromatic nitrogens is 2. The van der Waals surface area contributed by atoms with Crippen molar-refractivity contribution in [2.24, 2.45) is 11.6 Å². The minimum absolute atomic E-state index is 0.225. The van der Waals surface area contributed by atoms with Gasteiger partial charge in [-0.2, -0.15) is 5.10 Å². The number of hydrazine groups is 1. The third kappa shape index (κ3) is 3.39. The van der Waals surface area contributed by atoms with E-state index in [9.17, 15) is 9.59 Å². The van der Waals surface area contributed by atoms with Crippen LogP contribution < -0.4 is 17.0 Å². The molecular formula is C8H13N5O2. The van der Waals surface area contributed by atoms with Crippen molar-refractivity contribution in [3.63, 3.8) is 0 Å². The maximum Gasteiger partial charge on any atom is 0.251 e. The smallest absolute Gasteiger partial charge is 0.251 e. The van der Waals surface area contributed by atoms with Crippen LogP contribution >= 0.6 is 0 Å². The summed E-state index contributed by atoms with van der Waals surface area (Å²) in [7, 11) is 0. The highest BCUT2D eigenvalue weighted by atomic mass is 16.2. The molecule has 0 radical (unpaired) electrons. The van der Waals surface area contributed by atoms with Crippen LogP contribution in [0, 0.1) is 0 Å². The Balaban J connectivity index is 2.38. The average molecular weight is 211 g/mol. The van der Waals surface area contributed by atoms with Crippen LogP contribution in [0.5, 0.6) is 0 Å². The standard InChI is InChI=1S/C8H13N5O2/c9-8(15)6-4-11-13(5-6)3-1-2-7(14)12-10/h4-5H,1-3,10H2,(H2,9,15)(H,12,14). The van der Waals surface area contributed by atoms with Crippen molar-refractivity contribution >= 4 is 11.8 Å². The Bertz CT molecular complexity index is 360. The summed E-state index contributed by atoms with van der Waals surface area (Å²) in [6.45, 7) is 0.542. The van der Waals surface area contributed by atoms with Gasteiger partial charge in [0.1, 0.15) is 0 Å². The van der Waals surface area contributed by atoms with Gasteiger partial charge >= 0.3 is 0 Å². The topological polar surface area (TPSA) is 116 Å². The Morgan fingerprint density at radius 3 is 2.80 bits per heavy atom. The van der Waals surface area contributed by atoms with E-state index in [1.807, 2.05) is 5.43 Å². The van der Waals surface area contributed by atoms with Gasteiger partial charge in [0.05, 0.1) is 11.8 Å². The number of hydrogen-bond donors (Lipinski definition) is 3. The van der Waals surface area contributed by atoms with Crippen LogP contribution in [0.1, 0.15) is 23.2 Å². The molecule has 0 aliphatic carbocycles. The molecule has 0 atom stereocenters. The molecule has 0 unspecified atom stereocenters. The Hall–Kier alpha value is -1.89. The Labute approximate surface area is 86.4 Å². The van der Waals surface area contributed by atoms with Crippen molar-refractivity contribution in [3.8, 4) is 0 Å². The molecule has 2 amide bonds. The molecule has 0 bridgehead atoms. The first-order valence-corrected chi connectivity index (χ1v) is 4.45. The van der Waals surface area contributed by atoms with Crippen molar-refractivity contribution in [2.75, 3.05) is 0 Å². The van der Waals surface area contributed by atoms with E-state index >= 15 is 0 Å². The van der Waals surface area contributed by atoms with Gasteiger partial charge in [-0.1, -0.05) is 0 Å². The van der Waals surface area contributed by atoms with E-state index in [1.54, 1.807) is 10.9 Å². The minimum Gasteiger partial charge on any atom is -0.366 e. The molecule has 0 saturated carbocycles. The molecule has 0 aromatic carbocycles. The fourth-order valence-corrected chi connectivity index (χ4v) is 1.09. The maximum absolute atomic E-state index is 10.8. The van der Waals surface area contributed by atoms with E-state index in [0.29, 0.717) is 24.9 Å². The highest BCUT2D eigenvalue weighted by molar-refractivity contribution is 5.92. The number of carbonyl (C=O) groups excluding carboxylic acids is 2. The highest BCUT2D eigenvalue weighted by Crippen LogP contribution is 1.99. The quantitative estimate of drug-likeness (QED) is 0.320. The first-order chi connectivity index (χ1) is 7.13. The SMILES string of the molecule is NNC(=O)CCCn1cc(C(N)=O)cn1. The van der Waals surface area contributed by atoms with Gasteiger partial charge in [0.25, 0.3) is 5.91 Å². The van der Waals surface area contributed by atoms with E-state index in [1.165, 1.54) is 6.20 Å². The van der Waals surface area contributed by atoms with Crippen molar-refractivity contribution in [1.82, 2.24) is 15.2 Å². The number of nitrogens with one attached hydrogen (secondary N) is 1. The summed E-state index contributed by atoms with van der Waals surface area (Å²) in [5, 5.41) is 3.91. The molecule has 1 aromatic heterocycles. The van der Waals surface area contributed by atoms with E-state index in [0.717, 1.165) is 0 Å². The van der Waals surface area contributed by atoms with Gasteiger partial charge in [0, 0.05) is 19.2 Å². The number of nitrogens with zero attached hydrogens (tertiary/aromatic N) is 2. The molecule has 7 nitrogen and oxygen atoms in total. The minimum atomic E-state index is -0.513. The van der Waals surface area contributed by atoms with Crippen LogP contribution in [0.3, 0.4) is 0 Å². The fraction of sp³-hybridized carbons (Fsp3) is 0.375. The van der Waals surface area contributed by atoms with Crippen LogP contribution in [0.4, 0.5) is 0 Å². The van der Waals surface area contributed by atoms with E-state index in [4.69, 9.17) is 11.6 Å². The third-order valence-corrected chi connectivity index (χ3v) is 1.87. The van der Waals surface area contributed by atoms with Gasteiger partial charge in [0.2, 0.25) is 5.91 Å². The molecule has 15 heavy (non-hydrogen) atoms. The van der Waals surface area contributed by atoms with Crippen LogP contribution in [0.2, 0.25) is 0 Å². The number of primary amides is 1. The van der Waals surface area contributed by atoms with Gasteiger partial charge in [-0.05, 0) is 6.42 Å². The van der Waals surface area contributed by atoms with Crippen LogP contribution in [0.25, 0.3) is 0 Å². The number of amides is 2. The van der Waals surface area contributed by atoms with Gasteiger partial charge in [-0.3, -0.25) is 19.7 Å². The van der Waals surface area contributed by atoms with Gasteiger partial charge in [0.15, 0.2) is 0 Å². The molecule has 0 aliphatic rings. The summed E-state index contributed by atoms with van der Waals surface area (Å²) >= 11 is 0. The zero-order valence-corrected chi connectivity index (χ0v) is 8.14. The fourth-order valence-electron chi connectivity index (χ4n) is 1.09. The number of rotatable bonds is 5. The largest absolute Gasteiger partial charge is 0.366 e. The maximum atomic E-state index is 10.8. The summed E-state index contributed by atoms with van der Waals surface area (Å²) in [6.07, 6.45) is 3.86. The van der Waals surface area contributed by atoms with Crippen molar-refractivity contribution in [2.45, 2.75) is 19.4 Å². The van der Waals surface area contributed by atoms with Crippen molar-refractivity contribution < 1.29 is 9.59 Å². The number of aryl methyl sites for hydroxylation is 1. The van der Waals surface area contributed by atoms with E-state index < -0.39 is 5.91 Å². The van der Waals surface area contributed by atoms with Crippen molar-refractivity contribution in [3.05, 3.63) is 18.0 Å². The molecule has 7 heteroatoms. The lowest BCUT2D eigenvalue weighted by molar-refractivity contribution is -0.121.